The van der Waals surface area contributed by atoms with E-state index in [1.54, 1.807) is 23.1 Å². The van der Waals surface area contributed by atoms with Crippen LogP contribution in [0.15, 0.2) is 36.9 Å². The summed E-state index contributed by atoms with van der Waals surface area (Å²) in [6.45, 7) is 4.98. The third-order valence-corrected chi connectivity index (χ3v) is 6.22. The van der Waals surface area contributed by atoms with Crippen molar-refractivity contribution in [3.05, 3.63) is 48.3 Å². The van der Waals surface area contributed by atoms with Gasteiger partial charge in [0.05, 0.1) is 25.4 Å². The largest absolute Gasteiger partial charge is 0.387 e. The molecule has 6 nitrogen and oxygen atoms in total. The van der Waals surface area contributed by atoms with Gasteiger partial charge in [-0.15, -0.1) is 0 Å². The number of benzene rings is 1. The SMILES string of the molecule is CC1(C)OCC2(CCC(Cc3ccc(F)cc3)C2(O)Cn2cncn2)CO1. The van der Waals surface area contributed by atoms with E-state index >= 15 is 0 Å². The van der Waals surface area contributed by atoms with Crippen molar-refractivity contribution in [3.8, 4) is 0 Å². The van der Waals surface area contributed by atoms with Gasteiger partial charge in [-0.05, 0) is 56.7 Å². The first-order valence-electron chi connectivity index (χ1n) is 9.39. The average Bonchev–Trinajstić information content (AvgIpc) is 3.22. The maximum Gasteiger partial charge on any atom is 0.162 e. The van der Waals surface area contributed by atoms with Crippen LogP contribution in [-0.2, 0) is 22.4 Å². The van der Waals surface area contributed by atoms with E-state index in [-0.39, 0.29) is 11.7 Å². The lowest BCUT2D eigenvalue weighted by atomic mass is 9.70. The van der Waals surface area contributed by atoms with Crippen LogP contribution in [0.3, 0.4) is 0 Å². The zero-order chi connectivity index (χ0) is 19.1. The van der Waals surface area contributed by atoms with Gasteiger partial charge in [-0.1, -0.05) is 12.1 Å². The van der Waals surface area contributed by atoms with Crippen LogP contribution in [0.2, 0.25) is 0 Å². The molecular weight excluding hydrogens is 349 g/mol. The maximum atomic E-state index is 13.3. The van der Waals surface area contributed by atoms with E-state index in [1.807, 2.05) is 13.8 Å². The van der Waals surface area contributed by atoms with E-state index in [0.29, 0.717) is 26.2 Å². The molecule has 27 heavy (non-hydrogen) atoms. The van der Waals surface area contributed by atoms with Crippen molar-refractivity contribution in [2.75, 3.05) is 13.2 Å². The minimum atomic E-state index is -1.06. The quantitative estimate of drug-likeness (QED) is 0.890. The van der Waals surface area contributed by atoms with Gasteiger partial charge in [-0.25, -0.2) is 9.37 Å². The molecule has 2 unspecified atom stereocenters. The third kappa shape index (κ3) is 3.39. The van der Waals surface area contributed by atoms with E-state index in [9.17, 15) is 9.50 Å². The normalized spacial score (nSPS) is 29.3. The molecule has 1 aliphatic carbocycles. The molecule has 1 aliphatic heterocycles. The fraction of sp³-hybridized carbons (Fsp3) is 0.600. The van der Waals surface area contributed by atoms with Crippen molar-refractivity contribution < 1.29 is 19.0 Å². The Kier molecular flexibility index (Phi) is 4.56. The summed E-state index contributed by atoms with van der Waals surface area (Å²) in [4.78, 5) is 4.01. The number of halogens is 1. The van der Waals surface area contributed by atoms with Crippen molar-refractivity contribution in [1.82, 2.24) is 14.8 Å². The Morgan fingerprint density at radius 3 is 2.56 bits per heavy atom. The maximum absolute atomic E-state index is 13.3. The summed E-state index contributed by atoms with van der Waals surface area (Å²) in [5, 5.41) is 16.2. The Hall–Kier alpha value is -1.83. The smallest absolute Gasteiger partial charge is 0.162 e. The van der Waals surface area contributed by atoms with Gasteiger partial charge < -0.3 is 14.6 Å². The molecule has 0 radical (unpaired) electrons. The first-order valence-corrected chi connectivity index (χ1v) is 9.39. The highest BCUT2D eigenvalue weighted by Gasteiger charge is 2.62. The summed E-state index contributed by atoms with van der Waals surface area (Å²) in [5.41, 5.74) is -0.557. The Labute approximate surface area is 158 Å². The Morgan fingerprint density at radius 2 is 1.93 bits per heavy atom. The number of rotatable bonds is 4. The minimum Gasteiger partial charge on any atom is -0.387 e. The van der Waals surface area contributed by atoms with Crippen LogP contribution < -0.4 is 0 Å². The van der Waals surface area contributed by atoms with Crippen LogP contribution in [0.25, 0.3) is 0 Å². The number of nitrogens with zero attached hydrogens (tertiary/aromatic N) is 3. The Morgan fingerprint density at radius 1 is 1.22 bits per heavy atom. The second-order valence-corrected chi connectivity index (χ2v) is 8.34. The van der Waals surface area contributed by atoms with Gasteiger partial charge in [0.1, 0.15) is 18.5 Å². The minimum absolute atomic E-state index is 0.0134. The highest BCUT2D eigenvalue weighted by molar-refractivity contribution is 5.20. The summed E-state index contributed by atoms with van der Waals surface area (Å²) in [5.74, 6) is -0.912. The van der Waals surface area contributed by atoms with E-state index in [4.69, 9.17) is 9.47 Å². The van der Waals surface area contributed by atoms with Crippen molar-refractivity contribution in [2.45, 2.75) is 51.0 Å². The van der Waals surface area contributed by atoms with Crippen LogP contribution in [0.4, 0.5) is 4.39 Å². The summed E-state index contributed by atoms with van der Waals surface area (Å²) >= 11 is 0. The lowest BCUT2D eigenvalue weighted by Gasteiger charge is -2.50. The first kappa shape index (κ1) is 18.5. The van der Waals surface area contributed by atoms with E-state index in [1.165, 1.54) is 18.5 Å². The molecule has 0 bridgehead atoms. The summed E-state index contributed by atoms with van der Waals surface area (Å²) in [7, 11) is 0. The van der Waals surface area contributed by atoms with Gasteiger partial charge in [0.15, 0.2) is 5.79 Å². The number of hydrogen-bond acceptors (Lipinski definition) is 5. The van der Waals surface area contributed by atoms with Crippen LogP contribution in [0, 0.1) is 17.2 Å². The number of ether oxygens (including phenoxy) is 2. The summed E-state index contributed by atoms with van der Waals surface area (Å²) in [6, 6.07) is 6.50. The van der Waals surface area contributed by atoms with Crippen LogP contribution in [-0.4, -0.2) is 44.5 Å². The number of aromatic nitrogens is 3. The van der Waals surface area contributed by atoms with Crippen molar-refractivity contribution >= 4 is 0 Å². The zero-order valence-corrected chi connectivity index (χ0v) is 15.8. The standard InChI is InChI=1S/C20H26FN3O3/c1-18(2)26-11-19(12-27-18)8-7-16(9-15-3-5-17(21)6-4-15)20(19,25)10-24-14-22-13-23-24/h3-6,13-14,16,25H,7-12H2,1-2H3. The monoisotopic (exact) mass is 375 g/mol. The molecule has 2 atom stereocenters. The molecule has 1 aromatic heterocycles. The van der Waals surface area contributed by atoms with Gasteiger partial charge in [0, 0.05) is 5.41 Å². The van der Waals surface area contributed by atoms with Gasteiger partial charge in [-0.3, -0.25) is 4.68 Å². The van der Waals surface area contributed by atoms with Crippen LogP contribution in [0.5, 0.6) is 0 Å². The molecule has 2 aromatic rings. The molecule has 1 spiro atoms. The second kappa shape index (κ2) is 6.65. The molecule has 2 fully saturated rings. The van der Waals surface area contributed by atoms with E-state index in [2.05, 4.69) is 10.1 Å². The van der Waals surface area contributed by atoms with E-state index < -0.39 is 16.8 Å². The molecule has 2 heterocycles. The average molecular weight is 375 g/mol. The van der Waals surface area contributed by atoms with Gasteiger partial charge in [-0.2, -0.15) is 5.10 Å². The van der Waals surface area contributed by atoms with Crippen LogP contribution >= 0.6 is 0 Å². The molecule has 1 N–H and O–H groups in total. The highest BCUT2D eigenvalue weighted by atomic mass is 19.1. The van der Waals surface area contributed by atoms with Crippen molar-refractivity contribution in [2.24, 2.45) is 11.3 Å². The van der Waals surface area contributed by atoms with Crippen molar-refractivity contribution in [3.63, 3.8) is 0 Å². The van der Waals surface area contributed by atoms with Gasteiger partial charge in [0.25, 0.3) is 0 Å². The topological polar surface area (TPSA) is 69.4 Å². The molecule has 7 heteroatoms. The molecule has 1 saturated carbocycles. The molecule has 4 rings (SSSR count). The Bertz CT molecular complexity index is 768. The van der Waals surface area contributed by atoms with Crippen LogP contribution in [0.1, 0.15) is 32.3 Å². The molecule has 1 saturated heterocycles. The molecule has 1 aromatic carbocycles. The predicted molar refractivity (Wildman–Crippen MR) is 96.2 cm³/mol. The predicted octanol–water partition coefficient (Wildman–Crippen LogP) is 2.57. The molecule has 0 amide bonds. The summed E-state index contributed by atoms with van der Waals surface area (Å²) < 4.78 is 26.8. The Balaban J connectivity index is 1.63. The summed E-state index contributed by atoms with van der Waals surface area (Å²) in [6.07, 6.45) is 5.40. The lowest BCUT2D eigenvalue weighted by Crippen LogP contribution is -2.60. The number of hydrogen-bond donors (Lipinski definition) is 1. The molecular formula is C20H26FN3O3. The van der Waals surface area contributed by atoms with Gasteiger partial charge in [0.2, 0.25) is 0 Å². The second-order valence-electron chi connectivity index (χ2n) is 8.34. The highest BCUT2D eigenvalue weighted by Crippen LogP contribution is 2.54. The zero-order valence-electron chi connectivity index (χ0n) is 15.8. The molecule has 2 aliphatic rings. The van der Waals surface area contributed by atoms with Gasteiger partial charge >= 0.3 is 0 Å². The third-order valence-electron chi connectivity index (χ3n) is 6.22. The first-order chi connectivity index (χ1) is 12.8. The fourth-order valence-electron chi connectivity index (χ4n) is 4.47. The van der Waals surface area contributed by atoms with E-state index in [0.717, 1.165) is 18.4 Å². The molecule has 146 valence electrons. The fourth-order valence-corrected chi connectivity index (χ4v) is 4.47. The number of aliphatic hydroxyl groups is 1. The lowest BCUT2D eigenvalue weighted by molar-refractivity contribution is -0.313. The van der Waals surface area contributed by atoms with Crippen molar-refractivity contribution in [1.29, 1.82) is 0 Å².